The molecule has 0 amide bonds. The van der Waals surface area contributed by atoms with Gasteiger partial charge in [0, 0.05) is 49.4 Å². The largest absolute Gasteiger partial charge is 0.372 e. The van der Waals surface area contributed by atoms with Crippen molar-refractivity contribution >= 4 is 11.3 Å². The molecule has 1 N–H and O–H groups in total. The number of hydrogen-bond donors (Lipinski definition) is 1. The van der Waals surface area contributed by atoms with Crippen molar-refractivity contribution in [2.24, 2.45) is 5.92 Å². The van der Waals surface area contributed by atoms with Crippen LogP contribution in [0, 0.1) is 12.8 Å². The zero-order valence-electron chi connectivity index (χ0n) is 12.6. The lowest BCUT2D eigenvalue weighted by molar-refractivity contribution is 0.0830. The van der Waals surface area contributed by atoms with Gasteiger partial charge in [-0.15, -0.1) is 11.3 Å². The summed E-state index contributed by atoms with van der Waals surface area (Å²) in [5.74, 6) is 0.515. The number of nitrogens with zero attached hydrogens (tertiary/aromatic N) is 3. The Labute approximate surface area is 129 Å². The Morgan fingerprint density at radius 1 is 1.52 bits per heavy atom. The normalized spacial score (nSPS) is 22.0. The van der Waals surface area contributed by atoms with Crippen LogP contribution in [0.4, 0.5) is 0 Å². The van der Waals surface area contributed by atoms with Crippen LogP contribution in [0.2, 0.25) is 0 Å². The van der Waals surface area contributed by atoms with E-state index >= 15 is 0 Å². The second kappa shape index (κ2) is 6.68. The van der Waals surface area contributed by atoms with Crippen LogP contribution in [0.3, 0.4) is 0 Å². The van der Waals surface area contributed by atoms with Crippen molar-refractivity contribution in [2.45, 2.75) is 39.5 Å². The number of ether oxygens (including phenoxy) is 1. The Morgan fingerprint density at radius 2 is 2.43 bits per heavy atom. The van der Waals surface area contributed by atoms with Gasteiger partial charge in [-0.05, 0) is 26.3 Å². The van der Waals surface area contributed by atoms with Crippen LogP contribution in [0.15, 0.2) is 18.5 Å². The first kappa shape index (κ1) is 14.7. The molecule has 114 valence electrons. The summed E-state index contributed by atoms with van der Waals surface area (Å²) < 4.78 is 7.99. The van der Waals surface area contributed by atoms with Crippen molar-refractivity contribution in [1.29, 1.82) is 0 Å². The highest BCUT2D eigenvalue weighted by Gasteiger charge is 2.31. The molecule has 21 heavy (non-hydrogen) atoms. The van der Waals surface area contributed by atoms with Crippen molar-refractivity contribution in [2.75, 3.05) is 13.2 Å². The summed E-state index contributed by atoms with van der Waals surface area (Å²) in [4.78, 5) is 5.58. The van der Waals surface area contributed by atoms with Gasteiger partial charge in [0.15, 0.2) is 0 Å². The molecule has 6 heteroatoms. The van der Waals surface area contributed by atoms with Crippen molar-refractivity contribution in [3.05, 3.63) is 34.0 Å². The van der Waals surface area contributed by atoms with E-state index in [2.05, 4.69) is 28.4 Å². The summed E-state index contributed by atoms with van der Waals surface area (Å²) in [5, 5.41) is 9.03. The monoisotopic (exact) mass is 306 g/mol. The first-order valence-electron chi connectivity index (χ1n) is 7.53. The first-order chi connectivity index (χ1) is 10.3. The van der Waals surface area contributed by atoms with E-state index in [1.807, 2.05) is 24.0 Å². The molecular formula is C15H22N4OS. The molecule has 3 rings (SSSR count). The third-order valence-corrected chi connectivity index (χ3v) is 4.84. The first-order valence-corrected chi connectivity index (χ1v) is 8.35. The molecule has 0 aliphatic carbocycles. The topological polar surface area (TPSA) is 52.0 Å². The van der Waals surface area contributed by atoms with Crippen LogP contribution >= 0.6 is 11.3 Å². The van der Waals surface area contributed by atoms with Gasteiger partial charge in [0.25, 0.3) is 0 Å². The van der Waals surface area contributed by atoms with Crippen molar-refractivity contribution in [3.63, 3.8) is 0 Å². The van der Waals surface area contributed by atoms with Gasteiger partial charge < -0.3 is 10.1 Å². The zero-order chi connectivity index (χ0) is 14.7. The summed E-state index contributed by atoms with van der Waals surface area (Å²) in [6.45, 7) is 7.75. The third-order valence-electron chi connectivity index (χ3n) is 3.93. The summed E-state index contributed by atoms with van der Waals surface area (Å²) in [7, 11) is 0. The van der Waals surface area contributed by atoms with Crippen LogP contribution in [0.25, 0.3) is 0 Å². The number of aromatic nitrogens is 3. The number of nitrogens with one attached hydrogen (secondary N) is 1. The van der Waals surface area contributed by atoms with Crippen molar-refractivity contribution in [1.82, 2.24) is 20.1 Å². The van der Waals surface area contributed by atoms with Crippen LogP contribution in [0.1, 0.15) is 35.0 Å². The summed E-state index contributed by atoms with van der Waals surface area (Å²) in [5.41, 5.74) is 1.20. The number of thiazole rings is 1. The van der Waals surface area contributed by atoms with E-state index < -0.39 is 0 Å². The van der Waals surface area contributed by atoms with Gasteiger partial charge in [0.05, 0.1) is 10.7 Å². The van der Waals surface area contributed by atoms with Crippen LogP contribution in [0.5, 0.6) is 0 Å². The van der Waals surface area contributed by atoms with Gasteiger partial charge >= 0.3 is 0 Å². The maximum atomic E-state index is 5.95. The smallest absolute Gasteiger partial charge is 0.103 e. The molecular weight excluding hydrogens is 284 g/mol. The molecule has 0 unspecified atom stereocenters. The standard InChI is InChI=1S/C15H22N4OS/c1-3-19-14(4-6-18-19)15-12(5-7-20-15)8-16-9-13-10-17-11(2)21-13/h4,6,10,12,15-16H,3,5,7-9H2,1-2H3/t12-,15+/m0/s1. The lowest BCUT2D eigenvalue weighted by Crippen LogP contribution is -2.25. The van der Waals surface area contributed by atoms with E-state index in [4.69, 9.17) is 4.74 Å². The van der Waals surface area contributed by atoms with E-state index in [1.165, 1.54) is 10.6 Å². The summed E-state index contributed by atoms with van der Waals surface area (Å²) in [6.07, 6.45) is 5.10. The van der Waals surface area contributed by atoms with Gasteiger partial charge in [0.1, 0.15) is 6.10 Å². The summed E-state index contributed by atoms with van der Waals surface area (Å²) >= 11 is 1.76. The minimum absolute atomic E-state index is 0.170. The third kappa shape index (κ3) is 3.33. The molecule has 2 atom stereocenters. The Kier molecular flexibility index (Phi) is 4.67. The molecule has 2 aromatic heterocycles. The molecule has 1 aliphatic heterocycles. The predicted molar refractivity (Wildman–Crippen MR) is 83.3 cm³/mol. The molecule has 0 aromatic carbocycles. The van der Waals surface area contributed by atoms with Crippen molar-refractivity contribution < 1.29 is 4.74 Å². The Balaban J connectivity index is 1.57. The summed E-state index contributed by atoms with van der Waals surface area (Å²) in [6, 6.07) is 2.08. The minimum atomic E-state index is 0.170. The van der Waals surface area contributed by atoms with Crippen LogP contribution < -0.4 is 5.32 Å². The van der Waals surface area contributed by atoms with E-state index in [9.17, 15) is 0 Å². The Hall–Kier alpha value is -1.24. The second-order valence-corrected chi connectivity index (χ2v) is 6.71. The van der Waals surface area contributed by atoms with Gasteiger partial charge in [-0.3, -0.25) is 4.68 Å². The fraction of sp³-hybridized carbons (Fsp3) is 0.600. The highest BCUT2D eigenvalue weighted by atomic mass is 32.1. The van der Waals surface area contributed by atoms with Gasteiger partial charge in [0.2, 0.25) is 0 Å². The number of rotatable bonds is 6. The quantitative estimate of drug-likeness (QED) is 0.891. The maximum Gasteiger partial charge on any atom is 0.103 e. The Bertz CT molecular complexity index is 580. The lowest BCUT2D eigenvalue weighted by Gasteiger charge is -2.19. The van der Waals surface area contributed by atoms with E-state index in [1.54, 1.807) is 11.3 Å². The minimum Gasteiger partial charge on any atom is -0.372 e. The zero-order valence-corrected chi connectivity index (χ0v) is 13.4. The van der Waals surface area contributed by atoms with Crippen LogP contribution in [-0.4, -0.2) is 27.9 Å². The molecule has 0 radical (unpaired) electrons. The predicted octanol–water partition coefficient (Wildman–Crippen LogP) is 2.54. The molecule has 0 spiro atoms. The molecule has 1 aliphatic rings. The van der Waals surface area contributed by atoms with Crippen LogP contribution in [-0.2, 0) is 17.8 Å². The maximum absolute atomic E-state index is 5.95. The number of hydrogen-bond acceptors (Lipinski definition) is 5. The van der Waals surface area contributed by atoms with Gasteiger partial charge in [-0.2, -0.15) is 5.10 Å². The van der Waals surface area contributed by atoms with E-state index in [0.717, 1.165) is 37.7 Å². The fourth-order valence-corrected chi connectivity index (χ4v) is 3.65. The van der Waals surface area contributed by atoms with E-state index in [0.29, 0.717) is 5.92 Å². The molecule has 2 aromatic rings. The fourth-order valence-electron chi connectivity index (χ4n) is 2.89. The van der Waals surface area contributed by atoms with Gasteiger partial charge in [-0.25, -0.2) is 4.98 Å². The van der Waals surface area contributed by atoms with Gasteiger partial charge in [-0.1, -0.05) is 0 Å². The molecule has 1 fully saturated rings. The second-order valence-electron chi connectivity index (χ2n) is 5.39. The molecule has 0 saturated carbocycles. The Morgan fingerprint density at radius 3 is 3.19 bits per heavy atom. The average Bonchev–Trinajstić information content (AvgIpc) is 3.18. The molecule has 0 bridgehead atoms. The van der Waals surface area contributed by atoms with Crippen molar-refractivity contribution in [3.8, 4) is 0 Å². The lowest BCUT2D eigenvalue weighted by atomic mass is 9.99. The molecule has 3 heterocycles. The molecule has 5 nitrogen and oxygen atoms in total. The highest BCUT2D eigenvalue weighted by molar-refractivity contribution is 7.11. The molecule has 1 saturated heterocycles. The average molecular weight is 306 g/mol. The highest BCUT2D eigenvalue weighted by Crippen LogP contribution is 2.34. The SMILES string of the molecule is CCn1nccc1[C@@H]1OCC[C@H]1CNCc1cnc(C)s1. The van der Waals surface area contributed by atoms with E-state index in [-0.39, 0.29) is 6.10 Å². The number of aryl methyl sites for hydroxylation is 2.